The number of furan rings is 1. The maximum absolute atomic E-state index is 12.9. The maximum atomic E-state index is 12.9. The van der Waals surface area contributed by atoms with Gasteiger partial charge in [0.25, 0.3) is 11.6 Å². The van der Waals surface area contributed by atoms with Crippen LogP contribution in [0.3, 0.4) is 0 Å². The molecular formula is C20H11ClN2O6. The van der Waals surface area contributed by atoms with Crippen LogP contribution in [0.4, 0.5) is 5.69 Å². The summed E-state index contributed by atoms with van der Waals surface area (Å²) in [6.45, 7) is 0. The van der Waals surface area contributed by atoms with Crippen molar-refractivity contribution in [2.24, 2.45) is 0 Å². The Bertz CT molecular complexity index is 1300. The number of carboxylic acid groups (broad SMARTS) is 1. The van der Waals surface area contributed by atoms with Crippen LogP contribution >= 0.6 is 11.6 Å². The third-order valence-electron chi connectivity index (χ3n) is 4.40. The van der Waals surface area contributed by atoms with Crippen LogP contribution in [0.25, 0.3) is 22.2 Å². The number of rotatable bonds is 4. The molecule has 2 heterocycles. The van der Waals surface area contributed by atoms with Gasteiger partial charge in [0, 0.05) is 22.7 Å². The first-order valence-electron chi connectivity index (χ1n) is 8.29. The van der Waals surface area contributed by atoms with Crippen molar-refractivity contribution in [3.05, 3.63) is 87.3 Å². The highest BCUT2D eigenvalue weighted by molar-refractivity contribution is 6.31. The summed E-state index contributed by atoms with van der Waals surface area (Å²) >= 11 is 5.83. The fraction of sp³-hybridized carbons (Fsp3) is 0. The number of carbonyl (C=O) groups excluding carboxylic acids is 1. The summed E-state index contributed by atoms with van der Waals surface area (Å²) in [7, 11) is 0. The zero-order chi connectivity index (χ0) is 20.7. The molecule has 0 spiro atoms. The second-order valence-electron chi connectivity index (χ2n) is 6.12. The highest BCUT2D eigenvalue weighted by atomic mass is 35.5. The van der Waals surface area contributed by atoms with Gasteiger partial charge in [-0.05, 0) is 30.3 Å². The molecular weight excluding hydrogens is 400 g/mol. The lowest BCUT2D eigenvalue weighted by atomic mass is 10.1. The van der Waals surface area contributed by atoms with E-state index >= 15 is 0 Å². The number of aromatic carboxylic acids is 1. The van der Waals surface area contributed by atoms with Gasteiger partial charge in [-0.25, -0.2) is 4.79 Å². The second kappa shape index (κ2) is 6.92. The molecule has 2 aromatic carbocycles. The van der Waals surface area contributed by atoms with Crippen LogP contribution in [0.2, 0.25) is 5.02 Å². The molecule has 2 aromatic heterocycles. The second-order valence-corrected chi connectivity index (χ2v) is 6.56. The van der Waals surface area contributed by atoms with E-state index in [1.54, 1.807) is 24.3 Å². The van der Waals surface area contributed by atoms with Crippen LogP contribution in [0.5, 0.6) is 0 Å². The molecule has 0 amide bonds. The highest BCUT2D eigenvalue weighted by Gasteiger charge is 2.23. The lowest BCUT2D eigenvalue weighted by Crippen LogP contribution is -2.09. The van der Waals surface area contributed by atoms with Crippen molar-refractivity contribution in [2.75, 3.05) is 0 Å². The molecule has 0 radical (unpaired) electrons. The number of halogens is 1. The van der Waals surface area contributed by atoms with Crippen molar-refractivity contribution in [1.29, 1.82) is 0 Å². The Balaban J connectivity index is 1.79. The molecule has 1 N–H and O–H groups in total. The highest BCUT2D eigenvalue weighted by Crippen LogP contribution is 2.34. The summed E-state index contributed by atoms with van der Waals surface area (Å²) in [4.78, 5) is 35.1. The lowest BCUT2D eigenvalue weighted by molar-refractivity contribution is -0.384. The Kier molecular flexibility index (Phi) is 4.40. The molecule has 4 rings (SSSR count). The summed E-state index contributed by atoms with van der Waals surface area (Å²) in [6, 6.07) is 13.5. The number of fused-ring (bicyclic) bond motifs is 1. The molecule has 0 aliphatic carbocycles. The number of hydrogen-bond donors (Lipinski definition) is 1. The Labute approximate surface area is 167 Å². The van der Waals surface area contributed by atoms with Gasteiger partial charge in [-0.3, -0.25) is 19.5 Å². The van der Waals surface area contributed by atoms with Crippen LogP contribution in [-0.2, 0) is 0 Å². The van der Waals surface area contributed by atoms with E-state index in [4.69, 9.17) is 16.0 Å². The van der Waals surface area contributed by atoms with Gasteiger partial charge in [0.2, 0.25) is 0 Å². The SMILES string of the molecule is O=C(O)c1cn(C(=O)c2ccc(-c3ccc(Cl)cc3[N+](=O)[O-])o2)c2ccccc12. The van der Waals surface area contributed by atoms with Gasteiger partial charge >= 0.3 is 5.97 Å². The quantitative estimate of drug-likeness (QED) is 0.379. The zero-order valence-electron chi connectivity index (χ0n) is 14.5. The first kappa shape index (κ1) is 18.5. The van der Waals surface area contributed by atoms with Crippen LogP contribution < -0.4 is 0 Å². The van der Waals surface area contributed by atoms with Crippen molar-refractivity contribution in [3.8, 4) is 11.3 Å². The molecule has 0 fully saturated rings. The van der Waals surface area contributed by atoms with E-state index in [-0.39, 0.29) is 33.4 Å². The van der Waals surface area contributed by atoms with Crippen molar-refractivity contribution < 1.29 is 24.0 Å². The van der Waals surface area contributed by atoms with Gasteiger partial charge in [0.15, 0.2) is 5.76 Å². The molecule has 0 saturated carbocycles. The topological polar surface area (TPSA) is 116 Å². The van der Waals surface area contributed by atoms with E-state index in [0.717, 1.165) is 0 Å². The van der Waals surface area contributed by atoms with Crippen molar-refractivity contribution >= 4 is 40.1 Å². The minimum atomic E-state index is -1.16. The van der Waals surface area contributed by atoms with Crippen molar-refractivity contribution in [2.45, 2.75) is 0 Å². The van der Waals surface area contributed by atoms with E-state index in [2.05, 4.69) is 0 Å². The number of nitro benzene ring substituents is 1. The molecule has 0 saturated heterocycles. The Hall–Kier alpha value is -3.91. The first-order valence-corrected chi connectivity index (χ1v) is 8.67. The smallest absolute Gasteiger partial charge is 0.337 e. The van der Waals surface area contributed by atoms with E-state index < -0.39 is 16.8 Å². The molecule has 0 unspecified atom stereocenters. The lowest BCUT2D eigenvalue weighted by Gasteiger charge is -2.02. The number of nitro groups is 1. The molecule has 0 aliphatic rings. The molecule has 0 bridgehead atoms. The third kappa shape index (κ3) is 3.15. The predicted octanol–water partition coefficient (Wildman–Crippen LogP) is 4.85. The Morgan fingerprint density at radius 2 is 1.86 bits per heavy atom. The molecule has 29 heavy (non-hydrogen) atoms. The number of carboxylic acids is 1. The summed E-state index contributed by atoms with van der Waals surface area (Å²) in [6.07, 6.45) is 1.22. The van der Waals surface area contributed by atoms with Crippen LogP contribution in [0, 0.1) is 10.1 Å². The monoisotopic (exact) mass is 410 g/mol. The van der Waals surface area contributed by atoms with Gasteiger partial charge < -0.3 is 9.52 Å². The van der Waals surface area contributed by atoms with E-state index in [1.165, 1.54) is 41.1 Å². The number of para-hydroxylation sites is 1. The molecule has 4 aromatic rings. The largest absolute Gasteiger partial charge is 0.478 e. The minimum absolute atomic E-state index is 0.0194. The van der Waals surface area contributed by atoms with Crippen molar-refractivity contribution in [1.82, 2.24) is 4.57 Å². The number of aromatic nitrogens is 1. The van der Waals surface area contributed by atoms with Gasteiger partial charge in [0.05, 0.1) is 21.6 Å². The molecule has 0 atom stereocenters. The summed E-state index contributed by atoms with van der Waals surface area (Å²) in [5.74, 6) is -1.74. The van der Waals surface area contributed by atoms with Gasteiger partial charge in [-0.1, -0.05) is 29.8 Å². The number of nitrogens with zero attached hydrogens (tertiary/aromatic N) is 2. The first-order chi connectivity index (χ1) is 13.9. The number of benzene rings is 2. The van der Waals surface area contributed by atoms with Gasteiger partial charge in [-0.2, -0.15) is 0 Å². The normalized spacial score (nSPS) is 10.9. The average molecular weight is 411 g/mol. The summed E-state index contributed by atoms with van der Waals surface area (Å²) < 4.78 is 6.75. The summed E-state index contributed by atoms with van der Waals surface area (Å²) in [5, 5.41) is 21.3. The zero-order valence-corrected chi connectivity index (χ0v) is 15.3. The third-order valence-corrected chi connectivity index (χ3v) is 4.63. The molecule has 144 valence electrons. The van der Waals surface area contributed by atoms with Gasteiger partial charge in [0.1, 0.15) is 5.76 Å². The predicted molar refractivity (Wildman–Crippen MR) is 104 cm³/mol. The number of hydrogen-bond acceptors (Lipinski definition) is 5. The minimum Gasteiger partial charge on any atom is -0.478 e. The van der Waals surface area contributed by atoms with Crippen LogP contribution in [0.1, 0.15) is 20.9 Å². The Morgan fingerprint density at radius 1 is 1.10 bits per heavy atom. The molecule has 8 nitrogen and oxygen atoms in total. The summed E-state index contributed by atoms with van der Waals surface area (Å²) in [5.41, 5.74) is 0.298. The maximum Gasteiger partial charge on any atom is 0.337 e. The fourth-order valence-electron chi connectivity index (χ4n) is 3.10. The van der Waals surface area contributed by atoms with Gasteiger partial charge in [-0.15, -0.1) is 0 Å². The standard InChI is InChI=1S/C20H11ClN2O6/c21-11-5-6-13(16(9-11)23(27)28)17-7-8-18(29-17)19(24)22-10-14(20(25)26)12-3-1-2-4-15(12)22/h1-10H,(H,25,26). The van der Waals surface area contributed by atoms with E-state index in [9.17, 15) is 24.8 Å². The van der Waals surface area contributed by atoms with Crippen LogP contribution in [-0.4, -0.2) is 26.5 Å². The van der Waals surface area contributed by atoms with E-state index in [0.29, 0.717) is 10.9 Å². The number of carbonyl (C=O) groups is 2. The fourth-order valence-corrected chi connectivity index (χ4v) is 3.26. The Morgan fingerprint density at radius 3 is 2.59 bits per heavy atom. The molecule has 0 aliphatic heterocycles. The van der Waals surface area contributed by atoms with Crippen molar-refractivity contribution in [3.63, 3.8) is 0 Å². The van der Waals surface area contributed by atoms with E-state index in [1.807, 2.05) is 0 Å². The molecule has 9 heteroatoms. The average Bonchev–Trinajstić information content (AvgIpc) is 3.33. The van der Waals surface area contributed by atoms with Crippen LogP contribution in [0.15, 0.2) is 65.2 Å².